The molecule has 0 saturated carbocycles. The monoisotopic (exact) mass is 335 g/mol. The number of carbonyl (C=O) groups is 2. The number of hydrogen-bond acceptors (Lipinski definition) is 5. The highest BCUT2D eigenvalue weighted by atomic mass is 16.4. The zero-order valence-corrected chi connectivity index (χ0v) is 13.3. The van der Waals surface area contributed by atoms with Gasteiger partial charge < -0.3 is 14.6 Å². The van der Waals surface area contributed by atoms with Gasteiger partial charge in [0.15, 0.2) is 11.2 Å². The molecule has 0 bridgehead atoms. The molecular weight excluding hydrogens is 318 g/mol. The first-order valence-corrected chi connectivity index (χ1v) is 7.46. The predicted molar refractivity (Wildman–Crippen MR) is 82.6 cm³/mol. The van der Waals surface area contributed by atoms with Gasteiger partial charge in [-0.25, -0.2) is 14.6 Å². The van der Waals surface area contributed by atoms with E-state index in [-0.39, 0.29) is 17.7 Å². The number of carboxylic acids is 1. The van der Waals surface area contributed by atoms with E-state index in [1.54, 1.807) is 0 Å². The van der Waals surface area contributed by atoms with Gasteiger partial charge in [0.2, 0.25) is 5.91 Å². The zero-order valence-electron chi connectivity index (χ0n) is 13.3. The lowest BCUT2D eigenvalue weighted by Crippen LogP contribution is -2.42. The van der Waals surface area contributed by atoms with Crippen molar-refractivity contribution in [2.45, 2.75) is 25.4 Å². The van der Waals surface area contributed by atoms with E-state index < -0.39 is 29.2 Å². The van der Waals surface area contributed by atoms with Crippen LogP contribution in [0.2, 0.25) is 0 Å². The molecule has 0 spiro atoms. The summed E-state index contributed by atoms with van der Waals surface area (Å²) >= 11 is 0. The highest BCUT2D eigenvalue weighted by molar-refractivity contribution is 5.85. The molecule has 1 N–H and O–H groups in total. The summed E-state index contributed by atoms with van der Waals surface area (Å²) in [6.07, 6.45) is 2.36. The Bertz CT molecular complexity index is 953. The summed E-state index contributed by atoms with van der Waals surface area (Å²) in [6.45, 7) is 0.173. The number of aromatic nitrogens is 4. The van der Waals surface area contributed by atoms with E-state index in [2.05, 4.69) is 4.98 Å². The zero-order chi connectivity index (χ0) is 17.6. The summed E-state index contributed by atoms with van der Waals surface area (Å²) in [5.41, 5.74) is -0.727. The van der Waals surface area contributed by atoms with Gasteiger partial charge in [-0.15, -0.1) is 0 Å². The number of aliphatic carboxylic acids is 1. The quantitative estimate of drug-likeness (QED) is 0.730. The van der Waals surface area contributed by atoms with E-state index >= 15 is 0 Å². The third-order valence-corrected chi connectivity index (χ3v) is 4.38. The van der Waals surface area contributed by atoms with Crippen LogP contribution in [0.15, 0.2) is 15.9 Å². The average molecular weight is 335 g/mol. The van der Waals surface area contributed by atoms with Crippen molar-refractivity contribution in [2.24, 2.45) is 14.1 Å². The van der Waals surface area contributed by atoms with Crippen molar-refractivity contribution >= 4 is 23.0 Å². The number of likely N-dealkylation sites (tertiary alicyclic amines) is 1. The summed E-state index contributed by atoms with van der Waals surface area (Å²) < 4.78 is 3.53. The van der Waals surface area contributed by atoms with E-state index in [9.17, 15) is 24.3 Å². The highest BCUT2D eigenvalue weighted by Crippen LogP contribution is 2.18. The number of aryl methyl sites for hydroxylation is 1. The second-order valence-electron chi connectivity index (χ2n) is 5.83. The first kappa shape index (κ1) is 16.0. The lowest BCUT2D eigenvalue weighted by atomic mass is 10.2. The van der Waals surface area contributed by atoms with Gasteiger partial charge in [-0.1, -0.05) is 0 Å². The standard InChI is InChI=1S/C14H17N5O5/c1-16-11-10(12(21)17(2)14(16)24)18(7-15-11)6-9(20)19-5-3-4-8(19)13(22)23/h7-8H,3-6H2,1-2H3,(H,22,23)/t8-/m0/s1. The maximum atomic E-state index is 12.5. The molecule has 1 aliphatic heterocycles. The smallest absolute Gasteiger partial charge is 0.332 e. The molecule has 1 fully saturated rings. The van der Waals surface area contributed by atoms with Crippen LogP contribution in [-0.2, 0) is 30.2 Å². The van der Waals surface area contributed by atoms with Gasteiger partial charge in [-0.3, -0.25) is 18.7 Å². The number of fused-ring (bicyclic) bond motifs is 1. The molecule has 3 rings (SSSR count). The molecule has 10 nitrogen and oxygen atoms in total. The van der Waals surface area contributed by atoms with Crippen molar-refractivity contribution in [1.29, 1.82) is 0 Å². The molecule has 1 atom stereocenters. The van der Waals surface area contributed by atoms with Crippen molar-refractivity contribution in [3.05, 3.63) is 27.2 Å². The Hall–Kier alpha value is -2.91. The normalized spacial score (nSPS) is 17.6. The molecule has 1 aliphatic rings. The third-order valence-electron chi connectivity index (χ3n) is 4.38. The van der Waals surface area contributed by atoms with E-state index in [4.69, 9.17) is 0 Å². The number of rotatable bonds is 3. The minimum atomic E-state index is -1.03. The van der Waals surface area contributed by atoms with Crippen molar-refractivity contribution < 1.29 is 14.7 Å². The van der Waals surface area contributed by atoms with Crippen LogP contribution in [0, 0.1) is 0 Å². The van der Waals surface area contributed by atoms with Crippen LogP contribution >= 0.6 is 0 Å². The van der Waals surface area contributed by atoms with Crippen LogP contribution in [-0.4, -0.2) is 53.2 Å². The Morgan fingerprint density at radius 2 is 2.00 bits per heavy atom. The number of hydrogen-bond donors (Lipinski definition) is 1. The van der Waals surface area contributed by atoms with Gasteiger partial charge in [-0.2, -0.15) is 0 Å². The van der Waals surface area contributed by atoms with Crippen molar-refractivity contribution in [1.82, 2.24) is 23.6 Å². The Kier molecular flexibility index (Phi) is 3.74. The van der Waals surface area contributed by atoms with E-state index in [1.807, 2.05) is 0 Å². The molecule has 3 heterocycles. The molecule has 0 aromatic carbocycles. The molecular formula is C14H17N5O5. The fourth-order valence-corrected chi connectivity index (χ4v) is 3.08. The van der Waals surface area contributed by atoms with Gasteiger partial charge in [0.05, 0.1) is 6.33 Å². The number of imidazole rings is 1. The summed E-state index contributed by atoms with van der Waals surface area (Å²) in [6, 6.07) is -0.834. The highest BCUT2D eigenvalue weighted by Gasteiger charge is 2.34. The number of carboxylic acid groups (broad SMARTS) is 1. The van der Waals surface area contributed by atoms with Crippen molar-refractivity contribution in [3.8, 4) is 0 Å². The van der Waals surface area contributed by atoms with Crippen molar-refractivity contribution in [2.75, 3.05) is 6.54 Å². The first-order valence-electron chi connectivity index (χ1n) is 7.46. The van der Waals surface area contributed by atoms with E-state index in [1.165, 1.54) is 34.5 Å². The lowest BCUT2D eigenvalue weighted by Gasteiger charge is -2.21. The van der Waals surface area contributed by atoms with Gasteiger partial charge in [-0.05, 0) is 12.8 Å². The van der Waals surface area contributed by atoms with Crippen LogP contribution in [0.25, 0.3) is 11.2 Å². The summed E-state index contributed by atoms with van der Waals surface area (Å²) in [7, 11) is 2.84. The van der Waals surface area contributed by atoms with Gasteiger partial charge >= 0.3 is 11.7 Å². The molecule has 128 valence electrons. The topological polar surface area (TPSA) is 119 Å². The molecule has 2 aromatic heterocycles. The van der Waals surface area contributed by atoms with Crippen LogP contribution in [0.3, 0.4) is 0 Å². The second kappa shape index (κ2) is 5.62. The summed E-state index contributed by atoms with van der Waals surface area (Å²) in [4.78, 5) is 53.2. The maximum Gasteiger partial charge on any atom is 0.332 e. The second-order valence-corrected chi connectivity index (χ2v) is 5.83. The minimum absolute atomic E-state index is 0.138. The van der Waals surface area contributed by atoms with Crippen LogP contribution < -0.4 is 11.2 Å². The Balaban J connectivity index is 2.00. The lowest BCUT2D eigenvalue weighted by molar-refractivity contribution is -0.148. The molecule has 1 saturated heterocycles. The molecule has 2 aromatic rings. The number of carbonyl (C=O) groups excluding carboxylic acids is 1. The molecule has 24 heavy (non-hydrogen) atoms. The molecule has 0 unspecified atom stereocenters. The van der Waals surface area contributed by atoms with E-state index in [0.717, 1.165) is 4.57 Å². The van der Waals surface area contributed by atoms with Crippen LogP contribution in [0.4, 0.5) is 0 Å². The fraction of sp³-hybridized carbons (Fsp3) is 0.500. The molecule has 1 amide bonds. The minimum Gasteiger partial charge on any atom is -0.480 e. The Morgan fingerprint density at radius 1 is 1.29 bits per heavy atom. The van der Waals surface area contributed by atoms with Gasteiger partial charge in [0, 0.05) is 20.6 Å². The predicted octanol–water partition coefficient (Wildman–Crippen LogP) is -1.49. The number of nitrogens with zero attached hydrogens (tertiary/aromatic N) is 5. The maximum absolute atomic E-state index is 12.5. The Labute approximate surface area is 135 Å². The van der Waals surface area contributed by atoms with Crippen molar-refractivity contribution in [3.63, 3.8) is 0 Å². The SMILES string of the molecule is Cn1c(=O)c2c(ncn2CC(=O)N2CCC[C@H]2C(=O)O)n(C)c1=O. The van der Waals surface area contributed by atoms with Crippen LogP contribution in [0.1, 0.15) is 12.8 Å². The molecule has 0 radical (unpaired) electrons. The van der Waals surface area contributed by atoms with E-state index in [0.29, 0.717) is 19.4 Å². The summed E-state index contributed by atoms with van der Waals surface area (Å²) in [5.74, 6) is -1.43. The van der Waals surface area contributed by atoms with Crippen LogP contribution in [0.5, 0.6) is 0 Å². The first-order chi connectivity index (χ1) is 11.3. The Morgan fingerprint density at radius 3 is 2.67 bits per heavy atom. The molecule has 10 heteroatoms. The largest absolute Gasteiger partial charge is 0.480 e. The molecule has 0 aliphatic carbocycles. The fourth-order valence-electron chi connectivity index (χ4n) is 3.08. The van der Waals surface area contributed by atoms with Gasteiger partial charge in [0.1, 0.15) is 12.6 Å². The number of amides is 1. The van der Waals surface area contributed by atoms with Gasteiger partial charge in [0.25, 0.3) is 5.56 Å². The summed E-state index contributed by atoms with van der Waals surface area (Å²) in [5, 5.41) is 9.17. The average Bonchev–Trinajstić information content (AvgIpc) is 3.17. The third kappa shape index (κ3) is 2.30.